The molecule has 4 N–H and O–H groups in total. The van der Waals surface area contributed by atoms with E-state index in [2.05, 4.69) is 16.2 Å². The lowest BCUT2D eigenvalue weighted by Gasteiger charge is -2.37. The molecule has 2 aliphatic rings. The molecule has 0 bridgehead atoms. The van der Waals surface area contributed by atoms with E-state index in [4.69, 9.17) is 4.74 Å². The van der Waals surface area contributed by atoms with E-state index in [0.29, 0.717) is 12.2 Å². The standard InChI is InChI=1S/C27H26N4O3/c1-31-20-10-6-5-9-19(20)24-22(27(31)33)21(23-25(28-24)29-30-26(23)32)17-11-13-18(14-12-17)34-15-16-7-3-2-4-8-16/h2-14,21,23,25-26,28-30,32H,15H2,1H3. The van der Waals surface area contributed by atoms with Gasteiger partial charge in [-0.25, -0.2) is 10.9 Å². The number of aliphatic hydroxyl groups is 1. The highest BCUT2D eigenvalue weighted by Crippen LogP contribution is 2.45. The van der Waals surface area contributed by atoms with Crippen molar-refractivity contribution in [3.63, 3.8) is 0 Å². The maximum atomic E-state index is 13.6. The topological polar surface area (TPSA) is 87.6 Å². The van der Waals surface area contributed by atoms with Gasteiger partial charge in [0.05, 0.1) is 17.4 Å². The molecule has 3 aromatic carbocycles. The van der Waals surface area contributed by atoms with Crippen LogP contribution in [0, 0.1) is 5.92 Å². The van der Waals surface area contributed by atoms with E-state index in [1.807, 2.05) is 78.9 Å². The zero-order chi connectivity index (χ0) is 23.2. The molecule has 7 nitrogen and oxygen atoms in total. The molecule has 4 unspecified atom stereocenters. The van der Waals surface area contributed by atoms with Gasteiger partial charge in [0.1, 0.15) is 18.6 Å². The molecule has 172 valence electrons. The Kier molecular flexibility index (Phi) is 5.10. The lowest BCUT2D eigenvalue weighted by molar-refractivity contribution is 0.0984. The van der Waals surface area contributed by atoms with Gasteiger partial charge >= 0.3 is 0 Å². The van der Waals surface area contributed by atoms with Crippen molar-refractivity contribution in [2.24, 2.45) is 13.0 Å². The van der Waals surface area contributed by atoms with Crippen molar-refractivity contribution in [2.45, 2.75) is 24.9 Å². The van der Waals surface area contributed by atoms with Crippen molar-refractivity contribution in [1.82, 2.24) is 15.4 Å². The highest BCUT2D eigenvalue weighted by Gasteiger charge is 2.47. The summed E-state index contributed by atoms with van der Waals surface area (Å²) in [5.74, 6) is 0.190. The van der Waals surface area contributed by atoms with Crippen molar-refractivity contribution in [3.05, 3.63) is 106 Å². The van der Waals surface area contributed by atoms with Gasteiger partial charge in [-0.1, -0.05) is 60.7 Å². The van der Waals surface area contributed by atoms with Crippen LogP contribution in [0.4, 0.5) is 5.69 Å². The summed E-state index contributed by atoms with van der Waals surface area (Å²) in [4.78, 5) is 13.6. The maximum absolute atomic E-state index is 13.6. The van der Waals surface area contributed by atoms with Crippen molar-refractivity contribution in [1.29, 1.82) is 0 Å². The molecule has 0 saturated carbocycles. The number of nitrogens with zero attached hydrogens (tertiary/aromatic N) is 1. The van der Waals surface area contributed by atoms with E-state index in [1.165, 1.54) is 0 Å². The Labute approximate surface area is 197 Å². The zero-order valence-corrected chi connectivity index (χ0v) is 18.7. The van der Waals surface area contributed by atoms with Crippen LogP contribution in [0.25, 0.3) is 10.9 Å². The van der Waals surface area contributed by atoms with Gasteiger partial charge in [-0.3, -0.25) is 4.79 Å². The average Bonchev–Trinajstić information content (AvgIpc) is 3.26. The summed E-state index contributed by atoms with van der Waals surface area (Å²) in [7, 11) is 1.80. The molecular formula is C27H26N4O3. The second-order valence-electron chi connectivity index (χ2n) is 8.92. The fraction of sp³-hybridized carbons (Fsp3) is 0.222. The minimum Gasteiger partial charge on any atom is -0.489 e. The van der Waals surface area contributed by atoms with E-state index in [0.717, 1.165) is 33.5 Å². The van der Waals surface area contributed by atoms with Gasteiger partial charge in [-0.2, -0.15) is 0 Å². The molecule has 4 aromatic rings. The molecule has 0 aliphatic carbocycles. The summed E-state index contributed by atoms with van der Waals surface area (Å²) in [6.07, 6.45) is -1.03. The number of aryl methyl sites for hydroxylation is 1. The summed E-state index contributed by atoms with van der Waals surface area (Å²) in [6.45, 7) is 0.486. The molecule has 4 atom stereocenters. The summed E-state index contributed by atoms with van der Waals surface area (Å²) >= 11 is 0. The third kappa shape index (κ3) is 3.37. The van der Waals surface area contributed by atoms with Crippen LogP contribution in [-0.4, -0.2) is 22.1 Å². The van der Waals surface area contributed by atoms with E-state index in [-0.39, 0.29) is 23.6 Å². The van der Waals surface area contributed by atoms with Crippen LogP contribution in [0.2, 0.25) is 0 Å². The first kappa shape index (κ1) is 20.9. The maximum Gasteiger partial charge on any atom is 0.256 e. The van der Waals surface area contributed by atoms with Gasteiger partial charge in [0.25, 0.3) is 5.56 Å². The lowest BCUT2D eigenvalue weighted by atomic mass is 9.75. The van der Waals surface area contributed by atoms with Crippen molar-refractivity contribution in [2.75, 3.05) is 5.32 Å². The molecule has 3 heterocycles. The van der Waals surface area contributed by atoms with Crippen LogP contribution in [0.15, 0.2) is 83.7 Å². The normalized spacial score (nSPS) is 23.2. The minimum atomic E-state index is -0.805. The van der Waals surface area contributed by atoms with E-state index >= 15 is 0 Å². The number of nitrogens with one attached hydrogen (secondary N) is 3. The van der Waals surface area contributed by atoms with Crippen LogP contribution in [0.1, 0.15) is 22.6 Å². The number of pyridine rings is 1. The van der Waals surface area contributed by atoms with Gasteiger partial charge in [0, 0.05) is 29.8 Å². The number of para-hydroxylation sites is 1. The van der Waals surface area contributed by atoms with Gasteiger partial charge in [0.15, 0.2) is 0 Å². The SMILES string of the molecule is Cn1c(=O)c2c(c3ccccc31)NC1NNC(O)C1C2c1ccc(OCc2ccccc2)cc1. The number of hydrogen-bond donors (Lipinski definition) is 4. The molecule has 0 radical (unpaired) electrons. The van der Waals surface area contributed by atoms with E-state index in [1.54, 1.807) is 11.6 Å². The number of rotatable bonds is 4. The summed E-state index contributed by atoms with van der Waals surface area (Å²) in [6, 6.07) is 25.8. The average molecular weight is 455 g/mol. The number of fused-ring (bicyclic) bond motifs is 4. The summed E-state index contributed by atoms with van der Waals surface area (Å²) < 4.78 is 7.66. The third-order valence-corrected chi connectivity index (χ3v) is 6.96. The first-order valence-corrected chi connectivity index (χ1v) is 11.5. The largest absolute Gasteiger partial charge is 0.489 e. The third-order valence-electron chi connectivity index (χ3n) is 6.96. The number of ether oxygens (including phenoxy) is 1. The molecule has 2 aliphatic heterocycles. The number of aliphatic hydroxyl groups excluding tert-OH is 1. The molecular weight excluding hydrogens is 428 g/mol. The lowest BCUT2D eigenvalue weighted by Crippen LogP contribution is -2.46. The Morgan fingerprint density at radius 2 is 1.68 bits per heavy atom. The Morgan fingerprint density at radius 3 is 2.47 bits per heavy atom. The molecule has 0 spiro atoms. The Morgan fingerprint density at radius 1 is 0.941 bits per heavy atom. The van der Waals surface area contributed by atoms with E-state index < -0.39 is 6.23 Å². The number of anilines is 1. The fourth-order valence-electron chi connectivity index (χ4n) is 5.27. The Bertz CT molecular complexity index is 1400. The van der Waals surface area contributed by atoms with Gasteiger partial charge in [0.2, 0.25) is 0 Å². The molecule has 0 amide bonds. The van der Waals surface area contributed by atoms with Crippen molar-refractivity contribution < 1.29 is 9.84 Å². The van der Waals surface area contributed by atoms with E-state index in [9.17, 15) is 9.90 Å². The van der Waals surface area contributed by atoms with Crippen molar-refractivity contribution >= 4 is 16.6 Å². The smallest absolute Gasteiger partial charge is 0.256 e. The van der Waals surface area contributed by atoms with Crippen LogP contribution in [-0.2, 0) is 13.7 Å². The van der Waals surface area contributed by atoms with Crippen LogP contribution >= 0.6 is 0 Å². The van der Waals surface area contributed by atoms with Crippen molar-refractivity contribution in [3.8, 4) is 5.75 Å². The van der Waals surface area contributed by atoms with Gasteiger partial charge < -0.3 is 19.7 Å². The number of aromatic nitrogens is 1. The zero-order valence-electron chi connectivity index (χ0n) is 18.7. The predicted molar refractivity (Wildman–Crippen MR) is 131 cm³/mol. The molecule has 34 heavy (non-hydrogen) atoms. The predicted octanol–water partition coefficient (Wildman–Crippen LogP) is 3.04. The summed E-state index contributed by atoms with van der Waals surface area (Å²) in [5, 5.41) is 15.2. The Hall–Kier alpha value is -3.65. The quantitative estimate of drug-likeness (QED) is 0.379. The van der Waals surface area contributed by atoms with Crippen LogP contribution < -0.4 is 26.5 Å². The minimum absolute atomic E-state index is 0.0619. The first-order chi connectivity index (χ1) is 16.6. The molecule has 1 aromatic heterocycles. The number of benzene rings is 3. The van der Waals surface area contributed by atoms with Crippen LogP contribution in [0.3, 0.4) is 0 Å². The molecule has 6 rings (SSSR count). The molecule has 7 heteroatoms. The number of hydrazine groups is 1. The highest BCUT2D eigenvalue weighted by molar-refractivity contribution is 5.94. The first-order valence-electron chi connectivity index (χ1n) is 11.5. The van der Waals surface area contributed by atoms with Crippen LogP contribution in [0.5, 0.6) is 5.75 Å². The van der Waals surface area contributed by atoms with Gasteiger partial charge in [-0.15, -0.1) is 0 Å². The Balaban J connectivity index is 1.42. The number of hydrogen-bond acceptors (Lipinski definition) is 6. The monoisotopic (exact) mass is 454 g/mol. The molecule has 1 fully saturated rings. The second kappa shape index (κ2) is 8.29. The highest BCUT2D eigenvalue weighted by atomic mass is 16.5. The summed E-state index contributed by atoms with van der Waals surface area (Å²) in [5.41, 5.74) is 10.4. The second-order valence-corrected chi connectivity index (χ2v) is 8.92. The van der Waals surface area contributed by atoms with Gasteiger partial charge in [-0.05, 0) is 29.3 Å². The molecule has 1 saturated heterocycles. The fourth-order valence-corrected chi connectivity index (χ4v) is 5.27.